The van der Waals surface area contributed by atoms with Crippen LogP contribution in [0.1, 0.15) is 17.2 Å². The molecule has 19 heavy (non-hydrogen) atoms. The van der Waals surface area contributed by atoms with E-state index in [-0.39, 0.29) is 5.82 Å². The monoisotopic (exact) mass is 282 g/mol. The van der Waals surface area contributed by atoms with Crippen LogP contribution in [0.15, 0.2) is 42.5 Å². The maximum atomic E-state index is 13.7. The topological polar surface area (TPSA) is 38.0 Å². The van der Waals surface area contributed by atoms with Gasteiger partial charge in [0, 0.05) is 10.6 Å². The predicted octanol–water partition coefficient (Wildman–Crippen LogP) is 3.37. The van der Waals surface area contributed by atoms with Crippen LogP contribution < -0.4 is 11.3 Å². The molecule has 2 rings (SSSR count). The molecule has 2 aromatic rings. The molecular weight excluding hydrogens is 270 g/mol. The van der Waals surface area contributed by atoms with Crippen molar-refractivity contribution in [3.63, 3.8) is 0 Å². The standard InChI is InChI=1S/C14H13ClF2N2/c15-12-8-10(16)6-5-9(12)7-14(19-18)11-3-1-2-4-13(11)17/h1-6,8,14,19H,7,18H2. The molecule has 0 fully saturated rings. The SMILES string of the molecule is NNC(Cc1ccc(F)cc1Cl)c1ccccc1F. The Bertz CT molecular complexity index is 575. The van der Waals surface area contributed by atoms with Crippen LogP contribution in [-0.2, 0) is 6.42 Å². The summed E-state index contributed by atoms with van der Waals surface area (Å²) >= 11 is 5.96. The Morgan fingerprint density at radius 1 is 1.16 bits per heavy atom. The lowest BCUT2D eigenvalue weighted by atomic mass is 9.99. The number of nitrogens with two attached hydrogens (primary N) is 1. The van der Waals surface area contributed by atoms with Gasteiger partial charge < -0.3 is 0 Å². The van der Waals surface area contributed by atoms with E-state index in [1.165, 1.54) is 18.2 Å². The van der Waals surface area contributed by atoms with Crippen LogP contribution in [0, 0.1) is 11.6 Å². The normalized spacial score (nSPS) is 12.4. The molecule has 5 heteroatoms. The minimum atomic E-state index is -0.427. The third-order valence-electron chi connectivity index (χ3n) is 2.92. The van der Waals surface area contributed by atoms with Gasteiger partial charge in [0.1, 0.15) is 11.6 Å². The smallest absolute Gasteiger partial charge is 0.128 e. The molecule has 100 valence electrons. The summed E-state index contributed by atoms with van der Waals surface area (Å²) in [6, 6.07) is 10.0. The second-order valence-corrected chi connectivity index (χ2v) is 4.59. The molecule has 0 saturated carbocycles. The second-order valence-electron chi connectivity index (χ2n) is 4.18. The number of nitrogens with one attached hydrogen (secondary N) is 1. The van der Waals surface area contributed by atoms with Crippen molar-refractivity contribution in [2.75, 3.05) is 0 Å². The fourth-order valence-electron chi connectivity index (χ4n) is 1.92. The molecule has 0 spiro atoms. The minimum absolute atomic E-state index is 0.302. The van der Waals surface area contributed by atoms with Crippen molar-refractivity contribution >= 4 is 11.6 Å². The molecular formula is C14H13ClF2N2. The molecule has 0 heterocycles. The Hall–Kier alpha value is -1.49. The summed E-state index contributed by atoms with van der Waals surface area (Å²) in [4.78, 5) is 0. The lowest BCUT2D eigenvalue weighted by molar-refractivity contribution is 0.510. The third kappa shape index (κ3) is 3.29. The molecule has 1 atom stereocenters. The van der Waals surface area contributed by atoms with E-state index in [0.717, 1.165) is 0 Å². The van der Waals surface area contributed by atoms with Gasteiger partial charge in [-0.3, -0.25) is 11.3 Å². The van der Waals surface area contributed by atoms with E-state index in [0.29, 0.717) is 22.6 Å². The van der Waals surface area contributed by atoms with Crippen molar-refractivity contribution in [3.05, 3.63) is 70.2 Å². The maximum Gasteiger partial charge on any atom is 0.128 e. The van der Waals surface area contributed by atoms with E-state index >= 15 is 0 Å². The van der Waals surface area contributed by atoms with E-state index in [4.69, 9.17) is 17.4 Å². The number of rotatable bonds is 4. The zero-order valence-electron chi connectivity index (χ0n) is 10.0. The van der Waals surface area contributed by atoms with Crippen LogP contribution in [0.4, 0.5) is 8.78 Å². The predicted molar refractivity (Wildman–Crippen MR) is 71.6 cm³/mol. The lowest BCUT2D eigenvalue weighted by Crippen LogP contribution is -2.30. The van der Waals surface area contributed by atoms with Crippen molar-refractivity contribution in [1.82, 2.24) is 5.43 Å². The van der Waals surface area contributed by atoms with E-state index in [1.54, 1.807) is 24.3 Å². The van der Waals surface area contributed by atoms with Crippen LogP contribution in [0.3, 0.4) is 0 Å². The maximum absolute atomic E-state index is 13.7. The van der Waals surface area contributed by atoms with Gasteiger partial charge in [0.25, 0.3) is 0 Å². The quantitative estimate of drug-likeness (QED) is 0.666. The fraction of sp³-hybridized carbons (Fsp3) is 0.143. The summed E-state index contributed by atoms with van der Waals surface area (Å²) in [5, 5.41) is 0.302. The first-order valence-electron chi connectivity index (χ1n) is 5.76. The first kappa shape index (κ1) is 13.9. The molecule has 0 saturated heterocycles. The number of hydrogen-bond acceptors (Lipinski definition) is 2. The summed E-state index contributed by atoms with van der Waals surface area (Å²) in [5.74, 6) is 4.72. The van der Waals surface area contributed by atoms with E-state index < -0.39 is 11.9 Å². The largest absolute Gasteiger partial charge is 0.271 e. The molecule has 0 amide bonds. The van der Waals surface area contributed by atoms with Crippen molar-refractivity contribution in [1.29, 1.82) is 0 Å². The summed E-state index contributed by atoms with van der Waals surface area (Å²) in [5.41, 5.74) is 3.71. The van der Waals surface area contributed by atoms with Gasteiger partial charge in [-0.15, -0.1) is 0 Å². The van der Waals surface area contributed by atoms with Crippen molar-refractivity contribution < 1.29 is 8.78 Å². The van der Waals surface area contributed by atoms with Crippen LogP contribution in [0.2, 0.25) is 5.02 Å². The average Bonchev–Trinajstić information content (AvgIpc) is 2.39. The molecule has 0 aliphatic carbocycles. The molecule has 2 nitrogen and oxygen atoms in total. The lowest BCUT2D eigenvalue weighted by Gasteiger charge is -2.17. The van der Waals surface area contributed by atoms with Gasteiger partial charge in [-0.25, -0.2) is 8.78 Å². The molecule has 2 aromatic carbocycles. The third-order valence-corrected chi connectivity index (χ3v) is 3.27. The highest BCUT2D eigenvalue weighted by atomic mass is 35.5. The number of benzene rings is 2. The Morgan fingerprint density at radius 2 is 1.89 bits per heavy atom. The first-order chi connectivity index (χ1) is 9.11. The van der Waals surface area contributed by atoms with Crippen molar-refractivity contribution in [2.24, 2.45) is 5.84 Å². The van der Waals surface area contributed by atoms with Gasteiger partial charge in [0.15, 0.2) is 0 Å². The Balaban J connectivity index is 2.27. The summed E-state index contributed by atoms with van der Waals surface area (Å²) in [6.45, 7) is 0. The summed E-state index contributed by atoms with van der Waals surface area (Å²) in [6.07, 6.45) is 0.372. The number of hydrogen-bond donors (Lipinski definition) is 2. The molecule has 0 radical (unpaired) electrons. The Labute approximate surface area is 115 Å². The molecule has 3 N–H and O–H groups in total. The van der Waals surface area contributed by atoms with Crippen molar-refractivity contribution in [2.45, 2.75) is 12.5 Å². The first-order valence-corrected chi connectivity index (χ1v) is 6.14. The van der Waals surface area contributed by atoms with Crippen LogP contribution >= 0.6 is 11.6 Å². The molecule has 0 aliphatic heterocycles. The highest BCUT2D eigenvalue weighted by Crippen LogP contribution is 2.25. The van der Waals surface area contributed by atoms with Crippen LogP contribution in [-0.4, -0.2) is 0 Å². The number of hydrazine groups is 1. The van der Waals surface area contributed by atoms with Gasteiger partial charge in [0.2, 0.25) is 0 Å². The van der Waals surface area contributed by atoms with Gasteiger partial charge in [-0.2, -0.15) is 0 Å². The van der Waals surface area contributed by atoms with E-state index in [9.17, 15) is 8.78 Å². The van der Waals surface area contributed by atoms with Gasteiger partial charge in [-0.05, 0) is 30.2 Å². The van der Waals surface area contributed by atoms with Gasteiger partial charge >= 0.3 is 0 Å². The van der Waals surface area contributed by atoms with Crippen molar-refractivity contribution in [3.8, 4) is 0 Å². The minimum Gasteiger partial charge on any atom is -0.271 e. The van der Waals surface area contributed by atoms with E-state index in [1.807, 2.05) is 0 Å². The highest BCUT2D eigenvalue weighted by molar-refractivity contribution is 6.31. The average molecular weight is 283 g/mol. The highest BCUT2D eigenvalue weighted by Gasteiger charge is 2.16. The zero-order chi connectivity index (χ0) is 13.8. The fourth-order valence-corrected chi connectivity index (χ4v) is 2.17. The van der Waals surface area contributed by atoms with Gasteiger partial charge in [-0.1, -0.05) is 35.9 Å². The zero-order valence-corrected chi connectivity index (χ0v) is 10.8. The van der Waals surface area contributed by atoms with Crippen LogP contribution in [0.25, 0.3) is 0 Å². The Morgan fingerprint density at radius 3 is 2.53 bits per heavy atom. The number of halogens is 3. The molecule has 0 bridgehead atoms. The molecule has 1 unspecified atom stereocenters. The summed E-state index contributed by atoms with van der Waals surface area (Å²) < 4.78 is 26.7. The molecule has 0 aliphatic rings. The van der Waals surface area contributed by atoms with Gasteiger partial charge in [0.05, 0.1) is 6.04 Å². The Kier molecular flexibility index (Phi) is 4.47. The summed E-state index contributed by atoms with van der Waals surface area (Å²) in [7, 11) is 0. The van der Waals surface area contributed by atoms with Crippen LogP contribution in [0.5, 0.6) is 0 Å². The van der Waals surface area contributed by atoms with E-state index in [2.05, 4.69) is 5.43 Å². The molecule has 0 aromatic heterocycles. The second kappa shape index (κ2) is 6.10.